The van der Waals surface area contributed by atoms with Crippen LogP contribution in [0.4, 0.5) is 0 Å². The molecule has 1 saturated carbocycles. The average Bonchev–Trinajstić information content (AvgIpc) is 2.85. The number of hydrogen-bond donors (Lipinski definition) is 1. The van der Waals surface area contributed by atoms with Crippen LogP contribution in [0.15, 0.2) is 42.5 Å². The molecular formula is C33H47NO5. The highest BCUT2D eigenvalue weighted by atomic mass is 16.5. The van der Waals surface area contributed by atoms with Gasteiger partial charge in [0.1, 0.15) is 11.5 Å². The van der Waals surface area contributed by atoms with Gasteiger partial charge in [-0.05, 0) is 80.5 Å². The largest absolute Gasteiger partial charge is 0.493 e. The van der Waals surface area contributed by atoms with Crippen LogP contribution in [0.3, 0.4) is 0 Å². The molecule has 0 aliphatic heterocycles. The Kier molecular flexibility index (Phi) is 10.5. The lowest BCUT2D eigenvalue weighted by molar-refractivity contribution is -0.169. The maximum Gasteiger partial charge on any atom is 0.310 e. The second kappa shape index (κ2) is 13.4. The molecule has 1 aliphatic rings. The fourth-order valence-electron chi connectivity index (χ4n) is 6.19. The van der Waals surface area contributed by atoms with Crippen molar-refractivity contribution >= 4 is 11.9 Å². The molecule has 1 fully saturated rings. The van der Waals surface area contributed by atoms with Crippen LogP contribution in [0.2, 0.25) is 0 Å². The molecule has 3 rings (SSSR count). The number of benzene rings is 2. The summed E-state index contributed by atoms with van der Waals surface area (Å²) < 4.78 is 12.0. The summed E-state index contributed by atoms with van der Waals surface area (Å²) in [5, 5.41) is 10.0. The maximum absolute atomic E-state index is 13.7. The van der Waals surface area contributed by atoms with Gasteiger partial charge >= 0.3 is 5.97 Å². The normalized spacial score (nSPS) is 15.5. The van der Waals surface area contributed by atoms with E-state index in [4.69, 9.17) is 9.47 Å². The molecule has 0 spiro atoms. The monoisotopic (exact) mass is 537 g/mol. The molecule has 1 N–H and O–H groups in total. The molecule has 0 atom stereocenters. The third kappa shape index (κ3) is 8.00. The van der Waals surface area contributed by atoms with Crippen LogP contribution in [0, 0.1) is 10.8 Å². The van der Waals surface area contributed by atoms with Gasteiger partial charge in [-0.15, -0.1) is 0 Å². The van der Waals surface area contributed by atoms with Gasteiger partial charge in [-0.3, -0.25) is 9.59 Å². The van der Waals surface area contributed by atoms with Gasteiger partial charge < -0.3 is 19.5 Å². The first kappa shape index (κ1) is 30.5. The van der Waals surface area contributed by atoms with Crippen molar-refractivity contribution in [1.82, 2.24) is 4.90 Å². The molecule has 2 aromatic carbocycles. The Bertz CT molecular complexity index is 1070. The van der Waals surface area contributed by atoms with Crippen molar-refractivity contribution in [2.24, 2.45) is 10.8 Å². The van der Waals surface area contributed by atoms with E-state index in [9.17, 15) is 14.7 Å². The smallest absolute Gasteiger partial charge is 0.310 e. The van der Waals surface area contributed by atoms with Crippen LogP contribution < -0.4 is 9.47 Å². The zero-order chi connectivity index (χ0) is 28.6. The molecule has 6 nitrogen and oxygen atoms in total. The van der Waals surface area contributed by atoms with E-state index in [2.05, 4.69) is 39.8 Å². The van der Waals surface area contributed by atoms with E-state index < -0.39 is 11.4 Å². The number of carbonyl (C=O) groups excluding carboxylic acids is 1. The number of hydrogen-bond acceptors (Lipinski definition) is 4. The number of ether oxygens (including phenoxy) is 2. The summed E-state index contributed by atoms with van der Waals surface area (Å²) in [6, 6.07) is 14.4. The number of nitrogens with zero attached hydrogens (tertiary/aromatic N) is 1. The van der Waals surface area contributed by atoms with Crippen molar-refractivity contribution < 1.29 is 24.2 Å². The summed E-state index contributed by atoms with van der Waals surface area (Å²) in [7, 11) is 0. The number of unbranched alkanes of at least 4 members (excludes halogenated alkanes) is 1. The molecule has 0 aromatic heterocycles. The number of carboxylic acid groups (broad SMARTS) is 1. The zero-order valence-electron chi connectivity index (χ0n) is 24.7. The van der Waals surface area contributed by atoms with Crippen molar-refractivity contribution in [2.75, 3.05) is 19.8 Å². The molecule has 0 radical (unpaired) electrons. The van der Waals surface area contributed by atoms with E-state index in [1.54, 1.807) is 0 Å². The van der Waals surface area contributed by atoms with Crippen LogP contribution in [-0.4, -0.2) is 41.6 Å². The molecule has 0 unspecified atom stereocenters. The third-order valence-corrected chi connectivity index (χ3v) is 7.63. The van der Waals surface area contributed by atoms with Crippen LogP contribution in [0.5, 0.6) is 11.5 Å². The van der Waals surface area contributed by atoms with Gasteiger partial charge in [0, 0.05) is 25.1 Å². The Morgan fingerprint density at radius 2 is 1.54 bits per heavy atom. The molecule has 2 aromatic rings. The van der Waals surface area contributed by atoms with E-state index >= 15 is 0 Å². The average molecular weight is 538 g/mol. The molecule has 0 bridgehead atoms. The molecule has 214 valence electrons. The first-order chi connectivity index (χ1) is 18.5. The lowest BCUT2D eigenvalue weighted by Gasteiger charge is -2.50. The van der Waals surface area contributed by atoms with Gasteiger partial charge in [0.25, 0.3) is 0 Å². The minimum absolute atomic E-state index is 0.0329. The van der Waals surface area contributed by atoms with Crippen molar-refractivity contribution in [3.8, 4) is 11.5 Å². The summed E-state index contributed by atoms with van der Waals surface area (Å²) in [6.07, 6.45) is 3.82. The summed E-state index contributed by atoms with van der Waals surface area (Å²) in [5.41, 5.74) is 2.22. The second-order valence-electron chi connectivity index (χ2n) is 12.1. The van der Waals surface area contributed by atoms with Crippen LogP contribution in [0.1, 0.15) is 96.3 Å². The predicted molar refractivity (Wildman–Crippen MR) is 155 cm³/mol. The summed E-state index contributed by atoms with van der Waals surface area (Å²) in [5.74, 6) is 0.824. The first-order valence-electron chi connectivity index (χ1n) is 14.5. The Labute approximate surface area is 234 Å². The van der Waals surface area contributed by atoms with Gasteiger partial charge in [-0.1, -0.05) is 58.0 Å². The van der Waals surface area contributed by atoms with E-state index in [0.717, 1.165) is 41.9 Å². The summed E-state index contributed by atoms with van der Waals surface area (Å²) >= 11 is 0. The van der Waals surface area contributed by atoms with Crippen molar-refractivity contribution in [2.45, 2.75) is 92.5 Å². The van der Waals surface area contributed by atoms with E-state index in [0.29, 0.717) is 39.1 Å². The zero-order valence-corrected chi connectivity index (χ0v) is 24.7. The van der Waals surface area contributed by atoms with Gasteiger partial charge in [0.15, 0.2) is 0 Å². The van der Waals surface area contributed by atoms with Crippen LogP contribution >= 0.6 is 0 Å². The number of carboxylic acids is 1. The molecule has 1 amide bonds. The fraction of sp³-hybridized carbons (Fsp3) is 0.576. The molecule has 1 aliphatic carbocycles. The summed E-state index contributed by atoms with van der Waals surface area (Å²) in [6.45, 7) is 14.3. The molecule has 6 heteroatoms. The van der Waals surface area contributed by atoms with E-state index in [1.807, 2.05) is 49.1 Å². The Balaban J connectivity index is 1.84. The number of rotatable bonds is 15. The SMILES string of the molecule is CCOc1cc(CN(CCCCc2ccccc2)C(=O)CC2(C(=O)O)CC(C)(C)C2)cc(OCC)c1C(C)C. The Hall–Kier alpha value is -3.02. The standard InChI is InChI=1S/C33H47NO5/c1-7-38-27-18-26(19-28(39-8-2)30(27)24(3)4)21-34(17-13-12-16-25-14-10-9-11-15-25)29(35)20-33(31(36)37)22-32(5,6)23-33/h9-11,14-15,18-19,24H,7-8,12-13,16-17,20-23H2,1-6H3,(H,36,37). The van der Waals surface area contributed by atoms with Gasteiger partial charge in [0.05, 0.1) is 18.6 Å². The van der Waals surface area contributed by atoms with Gasteiger partial charge in [-0.25, -0.2) is 0 Å². The van der Waals surface area contributed by atoms with E-state index in [-0.39, 0.29) is 23.7 Å². The number of amides is 1. The number of aliphatic carboxylic acids is 1. The van der Waals surface area contributed by atoms with Crippen LogP contribution in [0.25, 0.3) is 0 Å². The Morgan fingerprint density at radius 3 is 2.03 bits per heavy atom. The van der Waals surface area contributed by atoms with Crippen molar-refractivity contribution in [3.63, 3.8) is 0 Å². The number of aryl methyl sites for hydroxylation is 1. The van der Waals surface area contributed by atoms with Gasteiger partial charge in [-0.2, -0.15) is 0 Å². The molecule has 39 heavy (non-hydrogen) atoms. The lowest BCUT2D eigenvalue weighted by Crippen LogP contribution is -2.51. The fourth-order valence-corrected chi connectivity index (χ4v) is 6.19. The minimum atomic E-state index is -0.975. The van der Waals surface area contributed by atoms with Crippen LogP contribution in [-0.2, 0) is 22.6 Å². The molecule has 0 saturated heterocycles. The maximum atomic E-state index is 13.7. The molecular weight excluding hydrogens is 490 g/mol. The van der Waals surface area contributed by atoms with Crippen molar-refractivity contribution in [1.29, 1.82) is 0 Å². The second-order valence-corrected chi connectivity index (χ2v) is 12.1. The van der Waals surface area contributed by atoms with E-state index in [1.165, 1.54) is 5.56 Å². The first-order valence-corrected chi connectivity index (χ1v) is 14.5. The topological polar surface area (TPSA) is 76.1 Å². The van der Waals surface area contributed by atoms with Crippen molar-refractivity contribution in [3.05, 3.63) is 59.2 Å². The highest BCUT2D eigenvalue weighted by Crippen LogP contribution is 2.56. The summed E-state index contributed by atoms with van der Waals surface area (Å²) in [4.78, 5) is 27.8. The lowest BCUT2D eigenvalue weighted by atomic mass is 9.53. The number of carbonyl (C=O) groups is 2. The highest BCUT2D eigenvalue weighted by molar-refractivity contribution is 5.86. The van der Waals surface area contributed by atoms with Gasteiger partial charge in [0.2, 0.25) is 5.91 Å². The highest BCUT2D eigenvalue weighted by Gasteiger charge is 2.55. The minimum Gasteiger partial charge on any atom is -0.493 e. The Morgan fingerprint density at radius 1 is 0.949 bits per heavy atom. The quantitative estimate of drug-likeness (QED) is 0.242. The third-order valence-electron chi connectivity index (χ3n) is 7.63. The predicted octanol–water partition coefficient (Wildman–Crippen LogP) is 7.24. The molecule has 0 heterocycles.